The van der Waals surface area contributed by atoms with Crippen LogP contribution in [-0.4, -0.2) is 48.8 Å². The Morgan fingerprint density at radius 1 is 1.00 bits per heavy atom. The molecule has 0 aliphatic carbocycles. The molecule has 0 bridgehead atoms. The van der Waals surface area contributed by atoms with Gasteiger partial charge in [-0.05, 0) is 42.8 Å². The van der Waals surface area contributed by atoms with Crippen molar-refractivity contribution in [1.29, 1.82) is 0 Å². The van der Waals surface area contributed by atoms with E-state index < -0.39 is 11.8 Å². The first-order valence-corrected chi connectivity index (χ1v) is 9.34. The van der Waals surface area contributed by atoms with Gasteiger partial charge in [-0.1, -0.05) is 17.7 Å². The lowest BCUT2D eigenvalue weighted by Gasteiger charge is -2.35. The van der Waals surface area contributed by atoms with Crippen molar-refractivity contribution in [1.82, 2.24) is 4.90 Å². The summed E-state index contributed by atoms with van der Waals surface area (Å²) in [5.41, 5.74) is 4.43. The quantitative estimate of drug-likeness (QED) is 0.781. The molecule has 7 nitrogen and oxygen atoms in total. The molecule has 1 fully saturated rings. The van der Waals surface area contributed by atoms with E-state index in [1.807, 2.05) is 6.92 Å². The van der Waals surface area contributed by atoms with E-state index in [1.54, 1.807) is 23.1 Å². The fourth-order valence-corrected chi connectivity index (χ4v) is 3.56. The summed E-state index contributed by atoms with van der Waals surface area (Å²) < 4.78 is 0. The first-order valence-electron chi connectivity index (χ1n) is 9.34. The van der Waals surface area contributed by atoms with Gasteiger partial charge in [0.25, 0.3) is 0 Å². The molecule has 2 N–H and O–H groups in total. The second kappa shape index (κ2) is 7.34. The number of aryl methyl sites for hydroxylation is 1. The summed E-state index contributed by atoms with van der Waals surface area (Å²) in [6.07, 6.45) is 0.286. The number of anilines is 3. The van der Waals surface area contributed by atoms with Crippen molar-refractivity contribution in [3.8, 4) is 0 Å². The Balaban J connectivity index is 1.34. The van der Waals surface area contributed by atoms with Gasteiger partial charge in [-0.3, -0.25) is 14.4 Å². The molecule has 2 aliphatic rings. The van der Waals surface area contributed by atoms with Gasteiger partial charge in [-0.25, -0.2) is 0 Å². The normalized spacial score (nSPS) is 15.8. The zero-order valence-electron chi connectivity index (χ0n) is 15.7. The number of fused-ring (bicyclic) bond motifs is 1. The first kappa shape index (κ1) is 18.0. The number of hydrogen-bond acceptors (Lipinski definition) is 4. The van der Waals surface area contributed by atoms with Gasteiger partial charge in [0.1, 0.15) is 0 Å². The molecule has 3 amide bonds. The predicted molar refractivity (Wildman–Crippen MR) is 107 cm³/mol. The molecule has 2 aliphatic heterocycles. The van der Waals surface area contributed by atoms with Gasteiger partial charge < -0.3 is 20.4 Å². The molecule has 1 saturated heterocycles. The highest BCUT2D eigenvalue weighted by molar-refractivity contribution is 6.39. The molecule has 7 heteroatoms. The smallest absolute Gasteiger partial charge is 0.313 e. The number of carbonyl (C=O) groups excluding carboxylic acids is 3. The molecular formula is C21H22N4O3. The third-order valence-electron chi connectivity index (χ3n) is 5.15. The van der Waals surface area contributed by atoms with Crippen LogP contribution in [0.3, 0.4) is 0 Å². The minimum Gasteiger partial charge on any atom is -0.368 e. The first-order chi connectivity index (χ1) is 13.5. The number of nitrogens with one attached hydrogen (secondary N) is 2. The number of amides is 3. The van der Waals surface area contributed by atoms with Gasteiger partial charge in [0.15, 0.2) is 0 Å². The van der Waals surface area contributed by atoms with Crippen LogP contribution in [0.5, 0.6) is 0 Å². The van der Waals surface area contributed by atoms with E-state index in [9.17, 15) is 14.4 Å². The molecule has 0 aromatic heterocycles. The van der Waals surface area contributed by atoms with E-state index in [1.165, 1.54) is 5.56 Å². The van der Waals surface area contributed by atoms with Crippen LogP contribution in [0.1, 0.15) is 11.1 Å². The molecule has 28 heavy (non-hydrogen) atoms. The number of nitrogens with zero attached hydrogens (tertiary/aromatic N) is 2. The number of hydrogen-bond donors (Lipinski definition) is 2. The van der Waals surface area contributed by atoms with Crippen molar-refractivity contribution in [3.63, 3.8) is 0 Å². The van der Waals surface area contributed by atoms with Crippen molar-refractivity contribution in [3.05, 3.63) is 53.6 Å². The van der Waals surface area contributed by atoms with Gasteiger partial charge in [0, 0.05) is 43.2 Å². The fourth-order valence-electron chi connectivity index (χ4n) is 3.56. The van der Waals surface area contributed by atoms with Gasteiger partial charge in [-0.15, -0.1) is 0 Å². The van der Waals surface area contributed by atoms with Gasteiger partial charge in [-0.2, -0.15) is 0 Å². The maximum absolute atomic E-state index is 12.5. The molecule has 2 aromatic carbocycles. The lowest BCUT2D eigenvalue weighted by molar-refractivity contribution is -0.143. The Kier molecular flexibility index (Phi) is 4.73. The molecule has 0 atom stereocenters. The van der Waals surface area contributed by atoms with Crippen molar-refractivity contribution in [2.45, 2.75) is 13.3 Å². The number of piperazine rings is 1. The Labute approximate surface area is 163 Å². The average molecular weight is 378 g/mol. The highest BCUT2D eigenvalue weighted by Crippen LogP contribution is 2.26. The largest absolute Gasteiger partial charge is 0.368 e. The Bertz CT molecular complexity index is 931. The van der Waals surface area contributed by atoms with E-state index in [4.69, 9.17) is 0 Å². The van der Waals surface area contributed by atoms with E-state index >= 15 is 0 Å². The van der Waals surface area contributed by atoms with Crippen LogP contribution in [0.15, 0.2) is 42.5 Å². The monoisotopic (exact) mass is 378 g/mol. The van der Waals surface area contributed by atoms with Crippen LogP contribution in [0.25, 0.3) is 0 Å². The molecule has 4 rings (SSSR count). The van der Waals surface area contributed by atoms with Crippen LogP contribution >= 0.6 is 0 Å². The van der Waals surface area contributed by atoms with E-state index in [0.717, 1.165) is 16.9 Å². The zero-order valence-corrected chi connectivity index (χ0v) is 15.7. The second-order valence-electron chi connectivity index (χ2n) is 7.17. The highest BCUT2D eigenvalue weighted by atomic mass is 16.2. The summed E-state index contributed by atoms with van der Waals surface area (Å²) in [6.45, 7) is 4.43. The van der Waals surface area contributed by atoms with Crippen molar-refractivity contribution in [2.24, 2.45) is 0 Å². The summed E-state index contributed by atoms with van der Waals surface area (Å²) in [5.74, 6) is -1.25. The summed E-state index contributed by atoms with van der Waals surface area (Å²) in [5, 5.41) is 5.39. The van der Waals surface area contributed by atoms with Crippen molar-refractivity contribution >= 4 is 34.8 Å². The summed E-state index contributed by atoms with van der Waals surface area (Å²) >= 11 is 0. The second-order valence-corrected chi connectivity index (χ2v) is 7.17. The third-order valence-corrected chi connectivity index (χ3v) is 5.15. The number of carbonyl (C=O) groups is 3. The Hall–Kier alpha value is -3.35. The van der Waals surface area contributed by atoms with Gasteiger partial charge in [0.05, 0.1) is 6.42 Å². The molecule has 0 spiro atoms. The Morgan fingerprint density at radius 2 is 1.71 bits per heavy atom. The van der Waals surface area contributed by atoms with Crippen molar-refractivity contribution < 1.29 is 14.4 Å². The van der Waals surface area contributed by atoms with Crippen LogP contribution in [-0.2, 0) is 20.8 Å². The zero-order chi connectivity index (χ0) is 19.7. The third kappa shape index (κ3) is 3.69. The lowest BCUT2D eigenvalue weighted by atomic mass is 10.1. The maximum Gasteiger partial charge on any atom is 0.313 e. The minimum absolute atomic E-state index is 0.0685. The van der Waals surface area contributed by atoms with Crippen LogP contribution in [0, 0.1) is 6.92 Å². The predicted octanol–water partition coefficient (Wildman–Crippen LogP) is 1.78. The van der Waals surface area contributed by atoms with Crippen LogP contribution in [0.4, 0.5) is 17.1 Å². The molecule has 0 radical (unpaired) electrons. The highest BCUT2D eigenvalue weighted by Gasteiger charge is 2.26. The molecule has 0 saturated carbocycles. The SMILES string of the molecule is Cc1ccc(N2CCN(C(=O)C(=O)Nc3ccc4c(c3)CC(=O)N4)CC2)cc1. The van der Waals surface area contributed by atoms with E-state index in [-0.39, 0.29) is 12.3 Å². The van der Waals surface area contributed by atoms with Crippen LogP contribution < -0.4 is 15.5 Å². The minimum atomic E-state index is -0.652. The maximum atomic E-state index is 12.5. The summed E-state index contributed by atoms with van der Waals surface area (Å²) in [7, 11) is 0. The van der Waals surface area contributed by atoms with E-state index in [2.05, 4.69) is 39.8 Å². The standard InChI is InChI=1S/C21H22N4O3/c1-14-2-5-17(6-3-14)24-8-10-25(11-9-24)21(28)20(27)22-16-4-7-18-15(12-16)13-19(26)23-18/h2-7,12H,8-11,13H2,1H3,(H,22,27)(H,23,26). The number of rotatable bonds is 2. The van der Waals surface area contributed by atoms with Gasteiger partial charge in [0.2, 0.25) is 5.91 Å². The van der Waals surface area contributed by atoms with Gasteiger partial charge >= 0.3 is 11.8 Å². The molecule has 2 aromatic rings. The lowest BCUT2D eigenvalue weighted by Crippen LogP contribution is -2.51. The molecule has 0 unspecified atom stereocenters. The summed E-state index contributed by atoms with van der Waals surface area (Å²) in [6, 6.07) is 13.4. The van der Waals surface area contributed by atoms with E-state index in [0.29, 0.717) is 31.9 Å². The topological polar surface area (TPSA) is 81.8 Å². The molecular weight excluding hydrogens is 356 g/mol. The van der Waals surface area contributed by atoms with Crippen molar-refractivity contribution in [2.75, 3.05) is 41.7 Å². The fraction of sp³-hybridized carbons (Fsp3) is 0.286. The summed E-state index contributed by atoms with van der Waals surface area (Å²) in [4.78, 5) is 40.1. The molecule has 2 heterocycles. The number of benzene rings is 2. The van der Waals surface area contributed by atoms with Crippen LogP contribution in [0.2, 0.25) is 0 Å². The Morgan fingerprint density at radius 3 is 2.43 bits per heavy atom. The average Bonchev–Trinajstić information content (AvgIpc) is 3.07. The molecule has 144 valence electrons.